The van der Waals surface area contributed by atoms with Crippen molar-refractivity contribution in [2.24, 2.45) is 0 Å². The second-order valence-corrected chi connectivity index (χ2v) is 5.37. The zero-order valence-corrected chi connectivity index (χ0v) is 13.6. The van der Waals surface area contributed by atoms with E-state index in [1.165, 1.54) is 0 Å². The normalized spacial score (nSPS) is 9.40. The van der Waals surface area contributed by atoms with Gasteiger partial charge in [0.1, 0.15) is 0 Å². The molecule has 2 rings (SSSR count). The molecule has 4 heteroatoms. The van der Waals surface area contributed by atoms with E-state index in [1.807, 2.05) is 6.07 Å². The fourth-order valence-electron chi connectivity index (χ4n) is 1.37. The highest BCUT2D eigenvalue weighted by molar-refractivity contribution is 6.37. The third kappa shape index (κ3) is 4.88. The topological polar surface area (TPSA) is 0 Å². The molecule has 0 unspecified atom stereocenters. The number of halogens is 4. The molecule has 0 fully saturated rings. The van der Waals surface area contributed by atoms with Gasteiger partial charge in [-0.05, 0) is 29.8 Å². The molecule has 0 aliphatic carbocycles. The molecule has 0 N–H and O–H groups in total. The summed E-state index contributed by atoms with van der Waals surface area (Å²) in [5.41, 5.74) is 1.71. The van der Waals surface area contributed by atoms with E-state index in [2.05, 4.69) is 13.2 Å². The molecule has 2 aromatic carbocycles. The van der Waals surface area contributed by atoms with Crippen LogP contribution in [-0.4, -0.2) is 0 Å². The predicted octanol–water partition coefficient (Wildman–Crippen LogP) is 7.27. The van der Waals surface area contributed by atoms with Crippen molar-refractivity contribution in [3.8, 4) is 0 Å². The Morgan fingerprint density at radius 2 is 1.35 bits per heavy atom. The molecule has 0 radical (unpaired) electrons. The summed E-state index contributed by atoms with van der Waals surface area (Å²) >= 11 is 23.0. The minimum Gasteiger partial charge on any atom is -0.0984 e. The minimum absolute atomic E-state index is 0.641. The van der Waals surface area contributed by atoms with Crippen LogP contribution in [-0.2, 0) is 0 Å². The van der Waals surface area contributed by atoms with Crippen molar-refractivity contribution >= 4 is 58.6 Å². The van der Waals surface area contributed by atoms with E-state index in [1.54, 1.807) is 42.5 Å². The fraction of sp³-hybridized carbons (Fsp3) is 0. The highest BCUT2D eigenvalue weighted by Gasteiger charge is 1.98. The van der Waals surface area contributed by atoms with Crippen molar-refractivity contribution < 1.29 is 0 Å². The van der Waals surface area contributed by atoms with Crippen LogP contribution in [0.25, 0.3) is 12.2 Å². The first-order valence-corrected chi connectivity index (χ1v) is 7.14. The summed E-state index contributed by atoms with van der Waals surface area (Å²) in [5, 5.41) is 2.57. The van der Waals surface area contributed by atoms with Crippen molar-refractivity contribution in [2.45, 2.75) is 0 Å². The van der Waals surface area contributed by atoms with E-state index < -0.39 is 0 Å². The van der Waals surface area contributed by atoms with Crippen LogP contribution in [0.15, 0.2) is 49.6 Å². The first-order chi connectivity index (χ1) is 9.49. The SMILES string of the molecule is C=Cc1c(Cl)cccc1Cl.C=Cc1ccc(Cl)cc1Cl. The second kappa shape index (κ2) is 8.39. The maximum absolute atomic E-state index is 5.77. The van der Waals surface area contributed by atoms with Crippen LogP contribution in [0.4, 0.5) is 0 Å². The summed E-state index contributed by atoms with van der Waals surface area (Å²) < 4.78 is 0. The summed E-state index contributed by atoms with van der Waals surface area (Å²) in [6.45, 7) is 7.18. The highest BCUT2D eigenvalue weighted by Crippen LogP contribution is 2.24. The summed E-state index contributed by atoms with van der Waals surface area (Å²) in [6, 6.07) is 10.7. The Bertz CT molecular complexity index is 598. The molecule has 0 bridgehead atoms. The molecule has 0 saturated heterocycles. The third-order valence-electron chi connectivity index (χ3n) is 2.39. The van der Waals surface area contributed by atoms with Crippen molar-refractivity contribution in [1.29, 1.82) is 0 Å². The van der Waals surface area contributed by atoms with E-state index in [0.29, 0.717) is 20.1 Å². The van der Waals surface area contributed by atoms with Gasteiger partial charge in [0.25, 0.3) is 0 Å². The molecule has 104 valence electrons. The van der Waals surface area contributed by atoms with Crippen LogP contribution in [0.5, 0.6) is 0 Å². The lowest BCUT2D eigenvalue weighted by Gasteiger charge is -1.98. The zero-order chi connectivity index (χ0) is 15.1. The summed E-state index contributed by atoms with van der Waals surface area (Å²) in [4.78, 5) is 0. The molecule has 0 spiro atoms. The Hall–Kier alpha value is -0.920. The van der Waals surface area contributed by atoms with Crippen molar-refractivity contribution in [3.63, 3.8) is 0 Å². The van der Waals surface area contributed by atoms with E-state index in [4.69, 9.17) is 46.4 Å². The molecule has 0 aliphatic heterocycles. The summed E-state index contributed by atoms with van der Waals surface area (Å²) in [7, 11) is 0. The maximum atomic E-state index is 5.77. The first kappa shape index (κ1) is 17.1. The van der Waals surface area contributed by atoms with E-state index in [9.17, 15) is 0 Å². The molecule has 20 heavy (non-hydrogen) atoms. The highest BCUT2D eigenvalue weighted by atomic mass is 35.5. The molecule has 0 amide bonds. The number of benzene rings is 2. The standard InChI is InChI=1S/2C8H6Cl2/c1-2-6-3-4-7(9)5-8(6)10;1-2-6-7(9)4-3-5-8(6)10/h2*2-5H,1H2. The lowest BCUT2D eigenvalue weighted by atomic mass is 10.2. The van der Waals surface area contributed by atoms with Crippen LogP contribution in [0.3, 0.4) is 0 Å². The van der Waals surface area contributed by atoms with Crippen LogP contribution >= 0.6 is 46.4 Å². The second-order valence-electron chi connectivity index (χ2n) is 3.71. The van der Waals surface area contributed by atoms with Gasteiger partial charge in [-0.3, -0.25) is 0 Å². The Morgan fingerprint density at radius 1 is 0.750 bits per heavy atom. The van der Waals surface area contributed by atoms with Crippen LogP contribution < -0.4 is 0 Å². The molecule has 0 atom stereocenters. The van der Waals surface area contributed by atoms with Gasteiger partial charge in [0.15, 0.2) is 0 Å². The number of rotatable bonds is 2. The fourth-order valence-corrected chi connectivity index (χ4v) is 2.41. The van der Waals surface area contributed by atoms with Crippen molar-refractivity contribution in [3.05, 3.63) is 80.8 Å². The summed E-state index contributed by atoms with van der Waals surface area (Å²) in [5.74, 6) is 0. The van der Waals surface area contributed by atoms with Crippen LogP contribution in [0.1, 0.15) is 11.1 Å². The van der Waals surface area contributed by atoms with Gasteiger partial charge >= 0.3 is 0 Å². The molecule has 0 nitrogen and oxygen atoms in total. The smallest absolute Gasteiger partial charge is 0.0493 e. The number of hydrogen-bond donors (Lipinski definition) is 0. The Kier molecular flexibility index (Phi) is 7.18. The predicted molar refractivity (Wildman–Crippen MR) is 93.1 cm³/mol. The summed E-state index contributed by atoms with van der Waals surface area (Å²) in [6.07, 6.45) is 3.34. The molecule has 0 saturated carbocycles. The van der Waals surface area contributed by atoms with Gasteiger partial charge in [-0.15, -0.1) is 0 Å². The zero-order valence-electron chi connectivity index (χ0n) is 10.5. The average Bonchev–Trinajstić information content (AvgIpc) is 2.40. The van der Waals surface area contributed by atoms with Crippen molar-refractivity contribution in [1.82, 2.24) is 0 Å². The van der Waals surface area contributed by atoms with Gasteiger partial charge in [-0.2, -0.15) is 0 Å². The van der Waals surface area contributed by atoms with E-state index in [-0.39, 0.29) is 0 Å². The van der Waals surface area contributed by atoms with E-state index >= 15 is 0 Å². The minimum atomic E-state index is 0.641. The van der Waals surface area contributed by atoms with Gasteiger partial charge in [0.05, 0.1) is 0 Å². The van der Waals surface area contributed by atoms with Crippen molar-refractivity contribution in [2.75, 3.05) is 0 Å². The monoisotopic (exact) mass is 344 g/mol. The first-order valence-electron chi connectivity index (χ1n) is 5.63. The quantitative estimate of drug-likeness (QED) is 0.536. The van der Waals surface area contributed by atoms with E-state index in [0.717, 1.165) is 11.1 Å². The molecule has 2 aromatic rings. The third-order valence-corrected chi connectivity index (χ3v) is 3.61. The van der Waals surface area contributed by atoms with Gasteiger partial charge in [-0.25, -0.2) is 0 Å². The van der Waals surface area contributed by atoms with Crippen LogP contribution in [0.2, 0.25) is 20.1 Å². The Balaban J connectivity index is 0.000000200. The Morgan fingerprint density at radius 3 is 1.75 bits per heavy atom. The average molecular weight is 346 g/mol. The Labute approximate surface area is 139 Å². The lowest BCUT2D eigenvalue weighted by Crippen LogP contribution is -1.74. The molecule has 0 heterocycles. The lowest BCUT2D eigenvalue weighted by molar-refractivity contribution is 1.66. The van der Waals surface area contributed by atoms with Gasteiger partial charge in [0, 0.05) is 25.7 Å². The molecule has 0 aromatic heterocycles. The molecule has 0 aliphatic rings. The molecular weight excluding hydrogens is 334 g/mol. The largest absolute Gasteiger partial charge is 0.0984 e. The maximum Gasteiger partial charge on any atom is 0.0493 e. The van der Waals surface area contributed by atoms with Gasteiger partial charge in [0.2, 0.25) is 0 Å². The van der Waals surface area contributed by atoms with Gasteiger partial charge < -0.3 is 0 Å². The number of hydrogen-bond acceptors (Lipinski definition) is 0. The van der Waals surface area contributed by atoms with Crippen LogP contribution in [0, 0.1) is 0 Å². The van der Waals surface area contributed by atoms with Gasteiger partial charge in [-0.1, -0.05) is 83.8 Å². The molecular formula is C16H12Cl4.